The quantitative estimate of drug-likeness (QED) is 0.803. The number of aliphatic hydroxyl groups is 2. The van der Waals surface area contributed by atoms with Gasteiger partial charge in [-0.05, 0) is 49.3 Å². The first-order chi connectivity index (χ1) is 7.60. The highest BCUT2D eigenvalue weighted by molar-refractivity contribution is 5.35. The molecule has 0 aliphatic heterocycles. The molecule has 0 heterocycles. The maximum atomic E-state index is 9.53. The third kappa shape index (κ3) is 3.06. The van der Waals surface area contributed by atoms with E-state index in [0.717, 1.165) is 6.42 Å². The van der Waals surface area contributed by atoms with Crippen molar-refractivity contribution in [2.24, 2.45) is 0 Å². The van der Waals surface area contributed by atoms with E-state index < -0.39 is 6.10 Å². The molecule has 0 bridgehead atoms. The first-order valence-corrected chi connectivity index (χ1v) is 5.95. The van der Waals surface area contributed by atoms with E-state index in [2.05, 4.69) is 39.0 Å². The van der Waals surface area contributed by atoms with Crippen molar-refractivity contribution in [3.05, 3.63) is 34.9 Å². The fraction of sp³-hybridized carbons (Fsp3) is 0.571. The minimum atomic E-state index is -0.607. The zero-order valence-electron chi connectivity index (χ0n) is 10.4. The van der Waals surface area contributed by atoms with Gasteiger partial charge in [0.15, 0.2) is 0 Å². The van der Waals surface area contributed by atoms with Crippen LogP contribution < -0.4 is 0 Å². The van der Waals surface area contributed by atoms with Crippen LogP contribution in [0.5, 0.6) is 0 Å². The Hall–Kier alpha value is -0.860. The molecular weight excluding hydrogens is 200 g/mol. The Kier molecular flexibility index (Phi) is 4.97. The smallest absolute Gasteiger partial charge is 0.0776 e. The molecule has 1 aromatic carbocycles. The molecular formula is C14H22O2. The van der Waals surface area contributed by atoms with Gasteiger partial charge in [-0.15, -0.1) is 0 Å². The summed E-state index contributed by atoms with van der Waals surface area (Å²) in [5.74, 6) is 0.335. The number of rotatable bonds is 5. The highest BCUT2D eigenvalue weighted by Gasteiger charge is 2.16. The van der Waals surface area contributed by atoms with Gasteiger partial charge in [-0.3, -0.25) is 0 Å². The zero-order chi connectivity index (χ0) is 12.1. The molecule has 0 saturated carbocycles. The Balaban J connectivity index is 2.90. The van der Waals surface area contributed by atoms with E-state index in [9.17, 15) is 5.11 Å². The molecule has 0 aliphatic rings. The van der Waals surface area contributed by atoms with E-state index in [1.807, 2.05) is 0 Å². The summed E-state index contributed by atoms with van der Waals surface area (Å²) in [4.78, 5) is 0. The molecule has 0 aliphatic carbocycles. The van der Waals surface area contributed by atoms with E-state index in [0.29, 0.717) is 12.3 Å². The van der Waals surface area contributed by atoms with Gasteiger partial charge in [0.05, 0.1) is 12.7 Å². The molecule has 1 aromatic rings. The lowest BCUT2D eigenvalue weighted by Gasteiger charge is -2.21. The first kappa shape index (κ1) is 13.2. The van der Waals surface area contributed by atoms with Crippen LogP contribution in [0.3, 0.4) is 0 Å². The maximum absolute atomic E-state index is 9.53. The summed E-state index contributed by atoms with van der Waals surface area (Å²) < 4.78 is 0. The van der Waals surface area contributed by atoms with E-state index in [1.165, 1.54) is 16.7 Å². The van der Waals surface area contributed by atoms with Crippen LogP contribution in [0, 0.1) is 13.8 Å². The average molecular weight is 222 g/mol. The molecule has 2 atom stereocenters. The third-order valence-corrected chi connectivity index (χ3v) is 3.35. The van der Waals surface area contributed by atoms with Gasteiger partial charge in [-0.2, -0.15) is 0 Å². The van der Waals surface area contributed by atoms with E-state index >= 15 is 0 Å². The predicted octanol–water partition coefficient (Wildman–Crippen LogP) is 2.54. The summed E-state index contributed by atoms with van der Waals surface area (Å²) >= 11 is 0. The topological polar surface area (TPSA) is 40.5 Å². The van der Waals surface area contributed by atoms with Crippen molar-refractivity contribution in [3.8, 4) is 0 Å². The third-order valence-electron chi connectivity index (χ3n) is 3.35. The largest absolute Gasteiger partial charge is 0.394 e. The van der Waals surface area contributed by atoms with Crippen LogP contribution in [0.4, 0.5) is 0 Å². The maximum Gasteiger partial charge on any atom is 0.0776 e. The summed E-state index contributed by atoms with van der Waals surface area (Å²) in [5.41, 5.74) is 3.89. The summed E-state index contributed by atoms with van der Waals surface area (Å²) in [6, 6.07) is 6.29. The summed E-state index contributed by atoms with van der Waals surface area (Å²) in [6.07, 6.45) is 1.02. The summed E-state index contributed by atoms with van der Waals surface area (Å²) in [5, 5.41) is 18.4. The lowest BCUT2D eigenvalue weighted by Crippen LogP contribution is -2.16. The minimum Gasteiger partial charge on any atom is -0.394 e. The van der Waals surface area contributed by atoms with Crippen LogP contribution in [0.1, 0.15) is 42.4 Å². The van der Waals surface area contributed by atoms with E-state index in [1.54, 1.807) is 0 Å². The van der Waals surface area contributed by atoms with Crippen LogP contribution in [0.25, 0.3) is 0 Å². The monoisotopic (exact) mass is 222 g/mol. The van der Waals surface area contributed by atoms with Crippen molar-refractivity contribution in [1.82, 2.24) is 0 Å². The lowest BCUT2D eigenvalue weighted by atomic mass is 9.87. The molecule has 0 aromatic heterocycles. The van der Waals surface area contributed by atoms with Crippen LogP contribution in [0.15, 0.2) is 18.2 Å². The Morgan fingerprint density at radius 3 is 2.50 bits per heavy atom. The van der Waals surface area contributed by atoms with E-state index in [4.69, 9.17) is 5.11 Å². The second kappa shape index (κ2) is 6.02. The molecule has 2 nitrogen and oxygen atoms in total. The van der Waals surface area contributed by atoms with Gasteiger partial charge >= 0.3 is 0 Å². The van der Waals surface area contributed by atoms with Crippen molar-refractivity contribution in [1.29, 1.82) is 0 Å². The fourth-order valence-electron chi connectivity index (χ4n) is 2.13. The van der Waals surface area contributed by atoms with Gasteiger partial charge in [0, 0.05) is 0 Å². The SMILES string of the molecule is CCC(CC(O)CO)c1cccc(C)c1C. The minimum absolute atomic E-state index is 0.151. The van der Waals surface area contributed by atoms with Crippen LogP contribution >= 0.6 is 0 Å². The molecule has 0 fully saturated rings. The Morgan fingerprint density at radius 2 is 1.94 bits per heavy atom. The molecule has 16 heavy (non-hydrogen) atoms. The summed E-state index contributed by atoms with van der Waals surface area (Å²) in [6.45, 7) is 6.20. The van der Waals surface area contributed by atoms with Crippen LogP contribution in [-0.4, -0.2) is 22.9 Å². The van der Waals surface area contributed by atoms with Crippen LogP contribution in [0.2, 0.25) is 0 Å². The fourth-order valence-corrected chi connectivity index (χ4v) is 2.13. The van der Waals surface area contributed by atoms with Gasteiger partial charge in [-0.25, -0.2) is 0 Å². The van der Waals surface area contributed by atoms with Crippen molar-refractivity contribution in [2.75, 3.05) is 6.61 Å². The molecule has 2 heteroatoms. The van der Waals surface area contributed by atoms with Gasteiger partial charge in [-0.1, -0.05) is 25.1 Å². The zero-order valence-corrected chi connectivity index (χ0v) is 10.4. The number of aliphatic hydroxyl groups excluding tert-OH is 2. The normalized spacial score (nSPS) is 14.8. The Labute approximate surface area is 97.9 Å². The second-order valence-electron chi connectivity index (χ2n) is 4.47. The number of hydrogen-bond acceptors (Lipinski definition) is 2. The van der Waals surface area contributed by atoms with Crippen molar-refractivity contribution < 1.29 is 10.2 Å². The standard InChI is InChI=1S/C14H22O2/c1-4-12(8-13(16)9-15)14-7-5-6-10(2)11(14)3/h5-7,12-13,15-16H,4,8-9H2,1-3H3. The Bertz CT molecular complexity index is 334. The summed E-state index contributed by atoms with van der Waals surface area (Å²) in [7, 11) is 0. The van der Waals surface area contributed by atoms with Gasteiger partial charge in [0.25, 0.3) is 0 Å². The van der Waals surface area contributed by atoms with E-state index in [-0.39, 0.29) is 6.61 Å². The molecule has 0 amide bonds. The van der Waals surface area contributed by atoms with Gasteiger partial charge in [0.2, 0.25) is 0 Å². The van der Waals surface area contributed by atoms with Crippen molar-refractivity contribution in [3.63, 3.8) is 0 Å². The lowest BCUT2D eigenvalue weighted by molar-refractivity contribution is 0.0817. The first-order valence-electron chi connectivity index (χ1n) is 5.95. The van der Waals surface area contributed by atoms with Crippen molar-refractivity contribution >= 4 is 0 Å². The molecule has 0 spiro atoms. The molecule has 90 valence electrons. The van der Waals surface area contributed by atoms with Gasteiger partial charge in [0.1, 0.15) is 0 Å². The molecule has 0 radical (unpaired) electrons. The molecule has 0 saturated heterocycles. The molecule has 1 rings (SSSR count). The van der Waals surface area contributed by atoms with Crippen molar-refractivity contribution in [2.45, 2.75) is 45.6 Å². The number of aryl methyl sites for hydroxylation is 1. The Morgan fingerprint density at radius 1 is 1.25 bits per heavy atom. The highest BCUT2D eigenvalue weighted by atomic mass is 16.3. The predicted molar refractivity (Wildman–Crippen MR) is 66.7 cm³/mol. The average Bonchev–Trinajstić information content (AvgIpc) is 2.29. The van der Waals surface area contributed by atoms with Crippen LogP contribution in [-0.2, 0) is 0 Å². The molecule has 2 N–H and O–H groups in total. The highest BCUT2D eigenvalue weighted by Crippen LogP contribution is 2.28. The van der Waals surface area contributed by atoms with Gasteiger partial charge < -0.3 is 10.2 Å². The second-order valence-corrected chi connectivity index (χ2v) is 4.47. The number of benzene rings is 1. The molecule has 2 unspecified atom stereocenters. The number of hydrogen-bond donors (Lipinski definition) is 2.